The van der Waals surface area contributed by atoms with E-state index in [2.05, 4.69) is 15.6 Å². The van der Waals surface area contributed by atoms with Crippen LogP contribution in [0, 0.1) is 17.8 Å². The molecule has 29 heavy (non-hydrogen) atoms. The molecule has 0 unspecified atom stereocenters. The Kier molecular flexibility index (Phi) is 4.83. The summed E-state index contributed by atoms with van der Waals surface area (Å²) in [7, 11) is 0. The Bertz CT molecular complexity index is 885. The number of halogens is 1. The monoisotopic (exact) mass is 407 g/mol. The quantitative estimate of drug-likeness (QED) is 0.619. The lowest BCUT2D eigenvalue weighted by molar-refractivity contribution is -0.111. The van der Waals surface area contributed by atoms with Crippen molar-refractivity contribution in [1.29, 1.82) is 0 Å². The summed E-state index contributed by atoms with van der Waals surface area (Å²) in [6.07, 6.45) is 13.2. The summed E-state index contributed by atoms with van der Waals surface area (Å²) in [6.45, 7) is 0. The van der Waals surface area contributed by atoms with E-state index in [9.17, 15) is 4.79 Å². The molecule has 0 aliphatic heterocycles. The summed E-state index contributed by atoms with van der Waals surface area (Å²) in [5.74, 6) is 3.45. The summed E-state index contributed by atoms with van der Waals surface area (Å²) in [6, 6.07) is 11.3. The number of nitrogens with one attached hydrogen (secondary N) is 2. The summed E-state index contributed by atoms with van der Waals surface area (Å²) in [5.41, 5.74) is 1.87. The van der Waals surface area contributed by atoms with Crippen LogP contribution in [0.1, 0.15) is 44.1 Å². The smallest absolute Gasteiger partial charge is 0.248 e. The van der Waals surface area contributed by atoms with E-state index >= 15 is 0 Å². The maximum absolute atomic E-state index is 12.2. The predicted molar refractivity (Wildman–Crippen MR) is 118 cm³/mol. The lowest BCUT2D eigenvalue weighted by Gasteiger charge is -2.57. The van der Waals surface area contributed by atoms with E-state index in [1.807, 2.05) is 24.3 Å². The normalized spacial score (nSPS) is 29.9. The van der Waals surface area contributed by atoms with Crippen molar-refractivity contribution in [2.75, 3.05) is 10.6 Å². The second kappa shape index (κ2) is 7.49. The molecule has 5 heteroatoms. The minimum Gasteiger partial charge on any atom is -0.365 e. The molecule has 0 radical (unpaired) electrons. The van der Waals surface area contributed by atoms with E-state index < -0.39 is 0 Å². The van der Waals surface area contributed by atoms with Gasteiger partial charge in [-0.1, -0.05) is 23.7 Å². The molecule has 150 valence electrons. The molecule has 0 spiro atoms. The lowest BCUT2D eigenvalue weighted by Crippen LogP contribution is -2.54. The van der Waals surface area contributed by atoms with Crippen LogP contribution in [0.2, 0.25) is 5.02 Å². The first-order valence-electron chi connectivity index (χ1n) is 10.5. The maximum atomic E-state index is 12.2. The van der Waals surface area contributed by atoms with Gasteiger partial charge in [-0.25, -0.2) is 4.98 Å². The van der Waals surface area contributed by atoms with Crippen molar-refractivity contribution >= 4 is 35.1 Å². The minimum atomic E-state index is -0.177. The Labute approximate surface area is 176 Å². The van der Waals surface area contributed by atoms with E-state index in [0.29, 0.717) is 10.7 Å². The molecule has 6 rings (SSSR count). The maximum Gasteiger partial charge on any atom is 0.248 e. The Morgan fingerprint density at radius 1 is 1.00 bits per heavy atom. The zero-order valence-corrected chi connectivity index (χ0v) is 17.2. The highest BCUT2D eigenvalue weighted by molar-refractivity contribution is 6.30. The number of hydrogen-bond donors (Lipinski definition) is 2. The summed E-state index contributed by atoms with van der Waals surface area (Å²) in [4.78, 5) is 16.7. The van der Waals surface area contributed by atoms with Crippen molar-refractivity contribution in [3.63, 3.8) is 0 Å². The van der Waals surface area contributed by atoms with Crippen LogP contribution in [0.4, 0.5) is 11.5 Å². The van der Waals surface area contributed by atoms with Gasteiger partial charge in [0, 0.05) is 16.6 Å². The van der Waals surface area contributed by atoms with Gasteiger partial charge in [0.2, 0.25) is 5.91 Å². The summed E-state index contributed by atoms with van der Waals surface area (Å²) in [5, 5.41) is 7.32. The molecule has 4 aliphatic rings. The molecule has 1 heterocycles. The fourth-order valence-electron chi connectivity index (χ4n) is 6.01. The Morgan fingerprint density at radius 3 is 2.24 bits per heavy atom. The van der Waals surface area contributed by atoms with Gasteiger partial charge in [-0.2, -0.15) is 0 Å². The number of pyridine rings is 1. The van der Waals surface area contributed by atoms with E-state index in [0.717, 1.165) is 29.1 Å². The van der Waals surface area contributed by atoms with Gasteiger partial charge in [-0.05, 0) is 92.2 Å². The number of anilines is 2. The average Bonchev–Trinajstić information content (AvgIpc) is 2.68. The third-order valence-electron chi connectivity index (χ3n) is 6.76. The molecule has 4 nitrogen and oxygen atoms in total. The number of carbonyl (C=O) groups is 1. The minimum absolute atomic E-state index is 0.177. The number of nitrogens with zero attached hydrogens (tertiary/aromatic N) is 1. The first-order valence-corrected chi connectivity index (χ1v) is 10.9. The topological polar surface area (TPSA) is 54.0 Å². The third kappa shape index (κ3) is 4.18. The number of benzene rings is 1. The molecule has 0 saturated heterocycles. The zero-order valence-electron chi connectivity index (χ0n) is 16.4. The van der Waals surface area contributed by atoms with Gasteiger partial charge in [-0.15, -0.1) is 0 Å². The van der Waals surface area contributed by atoms with Crippen LogP contribution < -0.4 is 10.6 Å². The zero-order chi connectivity index (χ0) is 19.8. The van der Waals surface area contributed by atoms with E-state index in [1.54, 1.807) is 24.4 Å². The van der Waals surface area contributed by atoms with E-state index in [4.69, 9.17) is 11.6 Å². The molecule has 1 aromatic carbocycles. The Hall–Kier alpha value is -2.33. The molecule has 2 aromatic rings. The van der Waals surface area contributed by atoms with Crippen molar-refractivity contribution in [1.82, 2.24) is 4.98 Å². The summed E-state index contributed by atoms with van der Waals surface area (Å²) >= 11 is 5.88. The highest BCUT2D eigenvalue weighted by Gasteiger charge is 2.51. The molecule has 4 fully saturated rings. The molecule has 0 atom stereocenters. The van der Waals surface area contributed by atoms with Crippen LogP contribution in [0.25, 0.3) is 6.08 Å². The van der Waals surface area contributed by atoms with Gasteiger partial charge in [0.1, 0.15) is 5.82 Å². The van der Waals surface area contributed by atoms with Gasteiger partial charge >= 0.3 is 0 Å². The van der Waals surface area contributed by atoms with Crippen molar-refractivity contribution < 1.29 is 4.79 Å². The van der Waals surface area contributed by atoms with E-state index in [-0.39, 0.29) is 11.4 Å². The van der Waals surface area contributed by atoms with Crippen LogP contribution in [-0.4, -0.2) is 16.4 Å². The molecule has 1 aromatic heterocycles. The predicted octanol–water partition coefficient (Wildman–Crippen LogP) is 5.77. The highest BCUT2D eigenvalue weighted by Crippen LogP contribution is 2.56. The second-order valence-electron chi connectivity index (χ2n) is 9.13. The van der Waals surface area contributed by atoms with Crippen LogP contribution >= 0.6 is 11.6 Å². The SMILES string of the molecule is O=C(/C=C/c1ccc(Cl)cc1)Nc1ccc(NC23CC4CC(CC(C4)C2)C3)nc1. The number of rotatable bonds is 5. The van der Waals surface area contributed by atoms with Crippen LogP contribution in [0.5, 0.6) is 0 Å². The first kappa shape index (κ1) is 18.7. The van der Waals surface area contributed by atoms with Crippen LogP contribution in [0.15, 0.2) is 48.7 Å². The largest absolute Gasteiger partial charge is 0.365 e. The molecule has 4 saturated carbocycles. The molecular weight excluding hydrogens is 382 g/mol. The molecule has 1 amide bonds. The van der Waals surface area contributed by atoms with Gasteiger partial charge in [0.05, 0.1) is 11.9 Å². The fraction of sp³-hybridized carbons (Fsp3) is 0.417. The summed E-state index contributed by atoms with van der Waals surface area (Å²) < 4.78 is 0. The van der Waals surface area contributed by atoms with Crippen molar-refractivity contribution in [3.05, 3.63) is 59.3 Å². The molecule has 4 bridgehead atoms. The van der Waals surface area contributed by atoms with Gasteiger partial charge in [-0.3, -0.25) is 4.79 Å². The van der Waals surface area contributed by atoms with Crippen molar-refractivity contribution in [3.8, 4) is 0 Å². The number of carbonyl (C=O) groups excluding carboxylic acids is 1. The van der Waals surface area contributed by atoms with Crippen LogP contribution in [-0.2, 0) is 4.79 Å². The molecular formula is C24H26ClN3O. The Morgan fingerprint density at radius 2 is 1.66 bits per heavy atom. The molecule has 4 aliphatic carbocycles. The standard InChI is InChI=1S/C24H26ClN3O/c25-20-4-1-16(2-5-20)3-8-23(29)27-21-6-7-22(26-15-21)28-24-12-17-9-18(13-24)11-19(10-17)14-24/h1-8,15,17-19H,9-14H2,(H,26,28)(H,27,29)/b8-3+. The van der Waals surface area contributed by atoms with Gasteiger partial charge < -0.3 is 10.6 Å². The number of aromatic nitrogens is 1. The Balaban J connectivity index is 1.19. The van der Waals surface area contributed by atoms with Crippen molar-refractivity contribution in [2.45, 2.75) is 44.1 Å². The number of amides is 1. The number of hydrogen-bond acceptors (Lipinski definition) is 3. The third-order valence-corrected chi connectivity index (χ3v) is 7.01. The first-order chi connectivity index (χ1) is 14.1. The van der Waals surface area contributed by atoms with Gasteiger partial charge in [0.15, 0.2) is 0 Å². The van der Waals surface area contributed by atoms with E-state index in [1.165, 1.54) is 44.6 Å². The van der Waals surface area contributed by atoms with Crippen molar-refractivity contribution in [2.24, 2.45) is 17.8 Å². The van der Waals surface area contributed by atoms with Crippen LogP contribution in [0.3, 0.4) is 0 Å². The van der Waals surface area contributed by atoms with Gasteiger partial charge in [0.25, 0.3) is 0 Å². The molecule has 2 N–H and O–H groups in total. The second-order valence-corrected chi connectivity index (χ2v) is 9.57. The highest BCUT2D eigenvalue weighted by atomic mass is 35.5. The average molecular weight is 408 g/mol. The lowest BCUT2D eigenvalue weighted by atomic mass is 9.53. The fourth-order valence-corrected chi connectivity index (χ4v) is 6.13.